The molecule has 0 spiro atoms. The fraction of sp³-hybridized carbons (Fsp3) is 0.500. The zero-order chi connectivity index (χ0) is 22.1. The quantitative estimate of drug-likeness (QED) is 0.760. The second kappa shape index (κ2) is 8.91. The summed E-state index contributed by atoms with van der Waals surface area (Å²) in [5, 5.41) is 20.9. The molecule has 164 valence electrons. The Morgan fingerprint density at radius 1 is 1.10 bits per heavy atom. The molecule has 2 N–H and O–H groups in total. The monoisotopic (exact) mass is 425 g/mol. The van der Waals surface area contributed by atoms with E-state index in [1.54, 1.807) is 6.92 Å². The Hall–Kier alpha value is -2.16. The Morgan fingerprint density at radius 3 is 2.47 bits per heavy atom. The average Bonchev–Trinajstić information content (AvgIpc) is 2.67. The molecule has 0 radical (unpaired) electrons. The van der Waals surface area contributed by atoms with Crippen LogP contribution in [0.2, 0.25) is 0 Å². The van der Waals surface area contributed by atoms with Gasteiger partial charge in [0, 0.05) is 6.07 Å². The van der Waals surface area contributed by atoms with Crippen LogP contribution in [0.3, 0.4) is 0 Å². The van der Waals surface area contributed by atoms with E-state index in [0.29, 0.717) is 11.5 Å². The fourth-order valence-corrected chi connectivity index (χ4v) is 3.59. The van der Waals surface area contributed by atoms with E-state index in [1.807, 2.05) is 24.3 Å². The van der Waals surface area contributed by atoms with Crippen molar-refractivity contribution in [2.45, 2.75) is 63.9 Å². The van der Waals surface area contributed by atoms with Gasteiger partial charge in [-0.25, -0.2) is 4.98 Å². The standard InChI is InChI=1S/C22H26F3NO4/c1-12(2)10-14-6-4-7-15(11-14)20-21(19(28)18(27)13(3)29-20)30-17-9-5-8-16(26-17)22(23,24)25/h4-9,11-13,18-21,27-28H,10H2,1-3H3/t13-,18+,19+,20-,21-/m1/s1. The van der Waals surface area contributed by atoms with Crippen LogP contribution in [0.25, 0.3) is 0 Å². The minimum Gasteiger partial charge on any atom is -0.468 e. The van der Waals surface area contributed by atoms with Crippen LogP contribution in [0.5, 0.6) is 5.88 Å². The number of hydrogen-bond donors (Lipinski definition) is 2. The maximum atomic E-state index is 13.0. The van der Waals surface area contributed by atoms with Crippen molar-refractivity contribution in [3.8, 4) is 5.88 Å². The molecule has 8 heteroatoms. The summed E-state index contributed by atoms with van der Waals surface area (Å²) in [6, 6.07) is 10.9. The predicted molar refractivity (Wildman–Crippen MR) is 104 cm³/mol. The molecule has 2 aromatic rings. The lowest BCUT2D eigenvalue weighted by atomic mass is 9.90. The van der Waals surface area contributed by atoms with Gasteiger partial charge in [-0.05, 0) is 36.5 Å². The summed E-state index contributed by atoms with van der Waals surface area (Å²) in [5.74, 6) is 0.128. The molecule has 1 aliphatic heterocycles. The van der Waals surface area contributed by atoms with E-state index >= 15 is 0 Å². The number of aliphatic hydroxyl groups is 2. The van der Waals surface area contributed by atoms with Crippen LogP contribution in [0, 0.1) is 5.92 Å². The Balaban J connectivity index is 1.93. The third-order valence-electron chi connectivity index (χ3n) is 5.02. The number of aliphatic hydroxyl groups excluding tert-OH is 2. The van der Waals surface area contributed by atoms with Crippen LogP contribution in [-0.2, 0) is 17.3 Å². The van der Waals surface area contributed by atoms with Gasteiger partial charge in [-0.1, -0.05) is 44.2 Å². The van der Waals surface area contributed by atoms with Gasteiger partial charge < -0.3 is 19.7 Å². The molecular formula is C22H26F3NO4. The van der Waals surface area contributed by atoms with Crippen molar-refractivity contribution in [3.05, 3.63) is 59.3 Å². The van der Waals surface area contributed by atoms with Crippen LogP contribution in [0.4, 0.5) is 13.2 Å². The van der Waals surface area contributed by atoms with Crippen molar-refractivity contribution in [2.75, 3.05) is 0 Å². The van der Waals surface area contributed by atoms with Crippen molar-refractivity contribution in [3.63, 3.8) is 0 Å². The first-order valence-corrected chi connectivity index (χ1v) is 9.87. The van der Waals surface area contributed by atoms with Crippen LogP contribution < -0.4 is 4.74 Å². The summed E-state index contributed by atoms with van der Waals surface area (Å²) in [6.45, 7) is 5.81. The van der Waals surface area contributed by atoms with Crippen molar-refractivity contribution in [1.29, 1.82) is 0 Å². The maximum Gasteiger partial charge on any atom is 0.433 e. The molecule has 0 bridgehead atoms. The molecule has 2 heterocycles. The van der Waals surface area contributed by atoms with E-state index in [2.05, 4.69) is 18.8 Å². The maximum absolute atomic E-state index is 13.0. The fourth-order valence-electron chi connectivity index (χ4n) is 3.59. The normalized spacial score (nSPS) is 27.3. The number of benzene rings is 1. The minimum atomic E-state index is -4.63. The van der Waals surface area contributed by atoms with E-state index in [9.17, 15) is 23.4 Å². The van der Waals surface area contributed by atoms with Gasteiger partial charge in [0.15, 0.2) is 6.10 Å². The first kappa shape index (κ1) is 22.5. The third-order valence-corrected chi connectivity index (χ3v) is 5.02. The van der Waals surface area contributed by atoms with E-state index in [4.69, 9.17) is 9.47 Å². The molecule has 0 unspecified atom stereocenters. The van der Waals surface area contributed by atoms with E-state index in [0.717, 1.165) is 18.1 Å². The Kier molecular flexibility index (Phi) is 6.69. The molecule has 5 atom stereocenters. The molecular weight excluding hydrogens is 399 g/mol. The van der Waals surface area contributed by atoms with Gasteiger partial charge >= 0.3 is 6.18 Å². The third kappa shape index (κ3) is 5.11. The highest BCUT2D eigenvalue weighted by Crippen LogP contribution is 2.36. The highest BCUT2D eigenvalue weighted by Gasteiger charge is 2.45. The number of nitrogens with zero attached hydrogens (tertiary/aromatic N) is 1. The lowest BCUT2D eigenvalue weighted by Gasteiger charge is -2.41. The first-order valence-electron chi connectivity index (χ1n) is 9.87. The molecule has 5 nitrogen and oxygen atoms in total. The van der Waals surface area contributed by atoms with Crippen LogP contribution in [-0.4, -0.2) is 39.6 Å². The lowest BCUT2D eigenvalue weighted by molar-refractivity contribution is -0.213. The van der Waals surface area contributed by atoms with Gasteiger partial charge in [0.05, 0.1) is 6.10 Å². The average molecular weight is 425 g/mol. The van der Waals surface area contributed by atoms with E-state index in [-0.39, 0.29) is 5.88 Å². The number of pyridine rings is 1. The second-order valence-corrected chi connectivity index (χ2v) is 8.03. The minimum absolute atomic E-state index is 0.303. The zero-order valence-electron chi connectivity index (χ0n) is 17.0. The number of ether oxygens (including phenoxy) is 2. The van der Waals surface area contributed by atoms with Crippen molar-refractivity contribution >= 4 is 0 Å². The summed E-state index contributed by atoms with van der Waals surface area (Å²) < 4.78 is 50.6. The molecule has 1 fully saturated rings. The van der Waals surface area contributed by atoms with Crippen molar-refractivity contribution in [2.24, 2.45) is 5.92 Å². The Morgan fingerprint density at radius 2 is 1.80 bits per heavy atom. The summed E-state index contributed by atoms with van der Waals surface area (Å²) in [4.78, 5) is 3.51. The molecule has 30 heavy (non-hydrogen) atoms. The Bertz CT molecular complexity index is 858. The van der Waals surface area contributed by atoms with Gasteiger partial charge in [-0.15, -0.1) is 0 Å². The summed E-state index contributed by atoms with van der Waals surface area (Å²) >= 11 is 0. The van der Waals surface area contributed by atoms with E-state index < -0.39 is 42.4 Å². The van der Waals surface area contributed by atoms with Crippen LogP contribution >= 0.6 is 0 Å². The molecule has 1 aromatic carbocycles. The molecule has 1 aliphatic rings. The van der Waals surface area contributed by atoms with Gasteiger partial charge in [0.1, 0.15) is 24.0 Å². The molecule has 3 rings (SSSR count). The van der Waals surface area contributed by atoms with Gasteiger partial charge in [-0.3, -0.25) is 0 Å². The lowest BCUT2D eigenvalue weighted by Crippen LogP contribution is -2.55. The second-order valence-electron chi connectivity index (χ2n) is 8.03. The smallest absolute Gasteiger partial charge is 0.433 e. The highest BCUT2D eigenvalue weighted by molar-refractivity contribution is 5.28. The zero-order valence-corrected chi connectivity index (χ0v) is 17.0. The summed E-state index contributed by atoms with van der Waals surface area (Å²) in [7, 11) is 0. The number of hydrogen-bond acceptors (Lipinski definition) is 5. The number of halogens is 3. The first-order chi connectivity index (χ1) is 14.1. The SMILES string of the molecule is CC(C)Cc1cccc([C@H]2O[C@H](C)[C@H](O)[C@H](O)[C@H]2Oc2cccc(C(F)(F)F)n2)c1. The van der Waals surface area contributed by atoms with Gasteiger partial charge in [0.25, 0.3) is 0 Å². The largest absolute Gasteiger partial charge is 0.468 e. The predicted octanol–water partition coefficient (Wildman–Crippen LogP) is 3.93. The molecule has 0 aliphatic carbocycles. The van der Waals surface area contributed by atoms with Crippen molar-refractivity contribution < 1.29 is 32.9 Å². The van der Waals surface area contributed by atoms with E-state index in [1.165, 1.54) is 12.1 Å². The topological polar surface area (TPSA) is 71.8 Å². The summed E-state index contributed by atoms with van der Waals surface area (Å²) in [6.07, 6.45) is -9.03. The van der Waals surface area contributed by atoms with Gasteiger partial charge in [0.2, 0.25) is 5.88 Å². The Labute approximate surface area is 173 Å². The summed E-state index contributed by atoms with van der Waals surface area (Å²) in [5.41, 5.74) is 0.675. The van der Waals surface area contributed by atoms with Gasteiger partial charge in [-0.2, -0.15) is 13.2 Å². The molecule has 0 saturated carbocycles. The number of aromatic nitrogens is 1. The molecule has 0 amide bonds. The molecule has 1 saturated heterocycles. The number of alkyl halides is 3. The van der Waals surface area contributed by atoms with Crippen molar-refractivity contribution in [1.82, 2.24) is 4.98 Å². The van der Waals surface area contributed by atoms with Crippen LogP contribution in [0.1, 0.15) is 43.7 Å². The molecule has 1 aromatic heterocycles. The highest BCUT2D eigenvalue weighted by atomic mass is 19.4. The number of rotatable bonds is 5. The van der Waals surface area contributed by atoms with Crippen LogP contribution in [0.15, 0.2) is 42.5 Å².